The minimum Gasteiger partial charge on any atom is -0.366 e. The maximum Gasteiger partial charge on any atom is 0.256 e. The fourth-order valence-corrected chi connectivity index (χ4v) is 2.95. The van der Waals surface area contributed by atoms with Crippen LogP contribution < -0.4 is 5.32 Å². The first kappa shape index (κ1) is 14.8. The van der Waals surface area contributed by atoms with Gasteiger partial charge >= 0.3 is 0 Å². The van der Waals surface area contributed by atoms with Crippen LogP contribution in [0.25, 0.3) is 11.1 Å². The summed E-state index contributed by atoms with van der Waals surface area (Å²) in [5.41, 5.74) is 2.31. The second-order valence-electron chi connectivity index (χ2n) is 5.64. The zero-order chi connectivity index (χ0) is 15.5. The van der Waals surface area contributed by atoms with Crippen LogP contribution in [0.5, 0.6) is 0 Å². The lowest BCUT2D eigenvalue weighted by Gasteiger charge is -2.31. The fraction of sp³-hybridized carbons (Fsp3) is 0.353. The van der Waals surface area contributed by atoms with Crippen molar-refractivity contribution >= 4 is 5.91 Å². The molecule has 1 aliphatic heterocycles. The van der Waals surface area contributed by atoms with Crippen LogP contribution >= 0.6 is 0 Å². The van der Waals surface area contributed by atoms with E-state index in [2.05, 4.69) is 10.3 Å². The molecule has 1 fully saturated rings. The van der Waals surface area contributed by atoms with Crippen LogP contribution in [0.2, 0.25) is 0 Å². The third kappa shape index (κ3) is 2.90. The number of carbonyl (C=O) groups excluding carboxylic acids is 1. The molecule has 1 saturated heterocycles. The summed E-state index contributed by atoms with van der Waals surface area (Å²) in [5.74, 6) is -0.239. The fourth-order valence-electron chi connectivity index (χ4n) is 2.95. The Labute approximate surface area is 129 Å². The Morgan fingerprint density at radius 1 is 1.23 bits per heavy atom. The van der Waals surface area contributed by atoms with Crippen LogP contribution in [-0.4, -0.2) is 42.0 Å². The highest BCUT2D eigenvalue weighted by molar-refractivity contribution is 6.00. The topological polar surface area (TPSA) is 48.1 Å². The van der Waals surface area contributed by atoms with Gasteiger partial charge in [-0.3, -0.25) is 4.79 Å². The lowest BCUT2D eigenvalue weighted by Crippen LogP contribution is -2.43. The third-order valence-electron chi connectivity index (χ3n) is 4.32. The zero-order valence-electron chi connectivity index (χ0n) is 12.6. The van der Waals surface area contributed by atoms with E-state index >= 15 is 0 Å². The first-order chi connectivity index (χ1) is 10.7. The Kier molecular flexibility index (Phi) is 4.24. The molecule has 116 valence electrons. The Bertz CT molecular complexity index is 642. The number of likely N-dealkylation sites (tertiary alicyclic amines) is 1. The van der Waals surface area contributed by atoms with Gasteiger partial charge < -0.3 is 15.2 Å². The summed E-state index contributed by atoms with van der Waals surface area (Å²) in [6.45, 7) is 1.52. The van der Waals surface area contributed by atoms with Crippen molar-refractivity contribution in [1.29, 1.82) is 0 Å². The second-order valence-corrected chi connectivity index (χ2v) is 5.64. The SMILES string of the molecule is CNC1CCN(C(=O)c2c[nH]cc2-c2ccc(F)cc2)CC1. The summed E-state index contributed by atoms with van der Waals surface area (Å²) in [5, 5.41) is 3.26. The molecule has 5 heteroatoms. The molecule has 4 nitrogen and oxygen atoms in total. The molecule has 0 radical (unpaired) electrons. The molecule has 2 N–H and O–H groups in total. The monoisotopic (exact) mass is 301 g/mol. The van der Waals surface area contributed by atoms with Crippen molar-refractivity contribution in [2.75, 3.05) is 20.1 Å². The molecule has 1 aliphatic rings. The average molecular weight is 301 g/mol. The molecular weight excluding hydrogens is 281 g/mol. The summed E-state index contributed by atoms with van der Waals surface area (Å²) in [4.78, 5) is 17.6. The largest absolute Gasteiger partial charge is 0.366 e. The van der Waals surface area contributed by atoms with E-state index in [1.165, 1.54) is 12.1 Å². The summed E-state index contributed by atoms with van der Waals surface area (Å²) >= 11 is 0. The van der Waals surface area contributed by atoms with Crippen LogP contribution in [0.3, 0.4) is 0 Å². The predicted octanol–water partition coefficient (Wildman–Crippen LogP) is 2.64. The van der Waals surface area contributed by atoms with E-state index in [1.54, 1.807) is 24.5 Å². The van der Waals surface area contributed by atoms with Gasteiger partial charge in [0, 0.05) is 37.1 Å². The number of H-pyrrole nitrogens is 1. The normalized spacial score (nSPS) is 16.0. The van der Waals surface area contributed by atoms with Gasteiger partial charge in [-0.05, 0) is 37.6 Å². The minimum absolute atomic E-state index is 0.0372. The smallest absolute Gasteiger partial charge is 0.256 e. The first-order valence-corrected chi connectivity index (χ1v) is 7.58. The number of hydrogen-bond acceptors (Lipinski definition) is 2. The van der Waals surface area contributed by atoms with Gasteiger partial charge in [0.25, 0.3) is 5.91 Å². The van der Waals surface area contributed by atoms with Crippen molar-refractivity contribution < 1.29 is 9.18 Å². The van der Waals surface area contributed by atoms with Gasteiger partial charge in [-0.25, -0.2) is 4.39 Å². The van der Waals surface area contributed by atoms with Crippen LogP contribution in [0, 0.1) is 5.82 Å². The van der Waals surface area contributed by atoms with Gasteiger partial charge in [0.15, 0.2) is 0 Å². The van der Waals surface area contributed by atoms with Crippen LogP contribution in [0.1, 0.15) is 23.2 Å². The Balaban J connectivity index is 1.80. The number of rotatable bonds is 3. The standard InChI is InChI=1S/C17H20FN3O/c1-19-14-6-8-21(9-7-14)17(22)16-11-20-10-15(16)12-2-4-13(18)5-3-12/h2-5,10-11,14,19-20H,6-9H2,1H3. The van der Waals surface area contributed by atoms with Crippen molar-refractivity contribution in [3.8, 4) is 11.1 Å². The van der Waals surface area contributed by atoms with Crippen LogP contribution in [0.15, 0.2) is 36.7 Å². The highest BCUT2D eigenvalue weighted by Crippen LogP contribution is 2.26. The Hall–Kier alpha value is -2.14. The summed E-state index contributed by atoms with van der Waals surface area (Å²) in [7, 11) is 1.96. The van der Waals surface area contributed by atoms with Crippen molar-refractivity contribution in [2.45, 2.75) is 18.9 Å². The highest BCUT2D eigenvalue weighted by Gasteiger charge is 2.25. The average Bonchev–Trinajstić information content (AvgIpc) is 3.04. The molecule has 1 amide bonds. The number of aromatic nitrogens is 1. The van der Waals surface area contributed by atoms with E-state index in [1.807, 2.05) is 11.9 Å². The predicted molar refractivity (Wildman–Crippen MR) is 84.2 cm³/mol. The molecule has 0 bridgehead atoms. The number of benzene rings is 1. The van der Waals surface area contributed by atoms with Gasteiger partial charge in [-0.1, -0.05) is 12.1 Å². The maximum atomic E-state index is 13.1. The zero-order valence-corrected chi connectivity index (χ0v) is 12.6. The van der Waals surface area contributed by atoms with Crippen molar-refractivity contribution in [2.24, 2.45) is 0 Å². The number of nitrogens with zero attached hydrogens (tertiary/aromatic N) is 1. The van der Waals surface area contributed by atoms with Crippen LogP contribution in [-0.2, 0) is 0 Å². The molecule has 2 aromatic rings. The summed E-state index contributed by atoms with van der Waals surface area (Å²) in [6.07, 6.45) is 5.46. The Morgan fingerprint density at radius 2 is 1.91 bits per heavy atom. The van der Waals surface area contributed by atoms with E-state index in [4.69, 9.17) is 0 Å². The molecule has 0 atom stereocenters. The molecule has 0 aliphatic carbocycles. The van der Waals surface area contributed by atoms with Gasteiger partial charge in [-0.2, -0.15) is 0 Å². The molecule has 22 heavy (non-hydrogen) atoms. The van der Waals surface area contributed by atoms with E-state index < -0.39 is 0 Å². The van der Waals surface area contributed by atoms with Gasteiger partial charge in [-0.15, -0.1) is 0 Å². The highest BCUT2D eigenvalue weighted by atomic mass is 19.1. The molecule has 2 heterocycles. The number of piperidine rings is 1. The third-order valence-corrected chi connectivity index (χ3v) is 4.32. The van der Waals surface area contributed by atoms with E-state index in [0.29, 0.717) is 11.6 Å². The first-order valence-electron chi connectivity index (χ1n) is 7.58. The number of aromatic amines is 1. The van der Waals surface area contributed by atoms with Crippen molar-refractivity contribution in [1.82, 2.24) is 15.2 Å². The minimum atomic E-state index is -0.277. The van der Waals surface area contributed by atoms with Crippen molar-refractivity contribution in [3.05, 3.63) is 48.0 Å². The molecule has 0 saturated carbocycles. The van der Waals surface area contributed by atoms with E-state index in [0.717, 1.165) is 37.1 Å². The molecule has 1 aromatic heterocycles. The summed E-state index contributed by atoms with van der Waals surface area (Å²) < 4.78 is 13.1. The second kappa shape index (κ2) is 6.32. The van der Waals surface area contributed by atoms with Gasteiger partial charge in [0.05, 0.1) is 5.56 Å². The summed E-state index contributed by atoms with van der Waals surface area (Å²) in [6, 6.07) is 6.71. The quantitative estimate of drug-likeness (QED) is 0.915. The van der Waals surface area contributed by atoms with Crippen molar-refractivity contribution in [3.63, 3.8) is 0 Å². The van der Waals surface area contributed by atoms with E-state index in [9.17, 15) is 9.18 Å². The van der Waals surface area contributed by atoms with Gasteiger partial charge in [0.2, 0.25) is 0 Å². The lowest BCUT2D eigenvalue weighted by molar-refractivity contribution is 0.0708. The van der Waals surface area contributed by atoms with E-state index in [-0.39, 0.29) is 11.7 Å². The molecule has 0 unspecified atom stereocenters. The Morgan fingerprint density at radius 3 is 2.55 bits per heavy atom. The van der Waals surface area contributed by atoms with Gasteiger partial charge in [0.1, 0.15) is 5.82 Å². The van der Waals surface area contributed by atoms with Crippen LogP contribution in [0.4, 0.5) is 4.39 Å². The maximum absolute atomic E-state index is 13.1. The molecule has 1 aromatic carbocycles. The number of hydrogen-bond donors (Lipinski definition) is 2. The number of nitrogens with one attached hydrogen (secondary N) is 2. The molecular formula is C17H20FN3O. The number of amides is 1. The number of carbonyl (C=O) groups is 1. The lowest BCUT2D eigenvalue weighted by atomic mass is 10.0. The molecule has 0 spiro atoms. The number of halogens is 1. The molecule has 3 rings (SSSR count).